The van der Waals surface area contributed by atoms with Crippen LogP contribution in [0.25, 0.3) is 0 Å². The van der Waals surface area contributed by atoms with E-state index in [0.29, 0.717) is 18.2 Å². The van der Waals surface area contributed by atoms with Crippen LogP contribution in [0.4, 0.5) is 5.13 Å². The van der Waals surface area contributed by atoms with Crippen LogP contribution in [0.3, 0.4) is 0 Å². The van der Waals surface area contributed by atoms with E-state index in [2.05, 4.69) is 22.2 Å². The van der Waals surface area contributed by atoms with E-state index in [1.807, 2.05) is 6.92 Å². The Morgan fingerprint density at radius 3 is 3.05 bits per heavy atom. The number of rotatable bonds is 9. The molecule has 1 amide bonds. The van der Waals surface area contributed by atoms with Gasteiger partial charge in [0.05, 0.1) is 0 Å². The number of esters is 1. The Morgan fingerprint density at radius 1 is 1.55 bits per heavy atom. The van der Waals surface area contributed by atoms with Crippen LogP contribution < -0.4 is 10.6 Å². The molecule has 20 heavy (non-hydrogen) atoms. The lowest BCUT2D eigenvalue weighted by molar-refractivity contribution is -0.124. The minimum absolute atomic E-state index is 0.197. The molecular formula is C13H19N3O3S. The molecule has 0 unspecified atom stereocenters. The molecule has 0 fully saturated rings. The summed E-state index contributed by atoms with van der Waals surface area (Å²) in [6.45, 7) is 6.49. The molecule has 0 aromatic carbocycles. The number of thiazole rings is 1. The van der Waals surface area contributed by atoms with Crippen LogP contribution in [0.1, 0.15) is 30.3 Å². The maximum absolute atomic E-state index is 11.7. The van der Waals surface area contributed by atoms with Crippen LogP contribution in [-0.4, -0.2) is 36.6 Å². The summed E-state index contributed by atoms with van der Waals surface area (Å²) in [5, 5.41) is 7.84. The summed E-state index contributed by atoms with van der Waals surface area (Å²) in [5.41, 5.74) is 0.197. The third-order valence-electron chi connectivity index (χ3n) is 2.30. The summed E-state index contributed by atoms with van der Waals surface area (Å²) in [5.74, 6) is -0.898. The molecule has 0 saturated heterocycles. The minimum Gasteiger partial charge on any atom is -0.451 e. The normalized spacial score (nSPS) is 9.85. The van der Waals surface area contributed by atoms with Gasteiger partial charge < -0.3 is 15.4 Å². The highest BCUT2D eigenvalue weighted by atomic mass is 32.1. The Kier molecular flexibility index (Phi) is 7.34. The fraction of sp³-hybridized carbons (Fsp3) is 0.462. The molecule has 0 aliphatic carbocycles. The summed E-state index contributed by atoms with van der Waals surface area (Å²) in [7, 11) is 0. The first kappa shape index (κ1) is 16.2. The molecule has 0 aliphatic heterocycles. The number of unbranched alkanes of at least 4 members (excludes halogenated alkanes) is 1. The fourth-order valence-corrected chi connectivity index (χ4v) is 1.96. The SMILES string of the molecule is C=CCNc1nc(C(=O)OCC(=O)NCCCC)cs1. The molecule has 1 aromatic heterocycles. The van der Waals surface area contributed by atoms with Gasteiger partial charge in [0.2, 0.25) is 0 Å². The zero-order valence-electron chi connectivity index (χ0n) is 11.5. The maximum Gasteiger partial charge on any atom is 0.358 e. The van der Waals surface area contributed by atoms with Crippen molar-refractivity contribution >= 4 is 28.3 Å². The first-order chi connectivity index (χ1) is 9.67. The summed E-state index contributed by atoms with van der Waals surface area (Å²) in [6, 6.07) is 0. The van der Waals surface area contributed by atoms with Gasteiger partial charge in [-0.2, -0.15) is 0 Å². The molecule has 0 bridgehead atoms. The minimum atomic E-state index is -0.599. The standard InChI is InChI=1S/C13H19N3O3S/c1-3-5-7-14-11(17)8-19-12(18)10-9-20-13(16-10)15-6-4-2/h4,9H,2-3,5-8H2,1H3,(H,14,17)(H,15,16). The molecular weight excluding hydrogens is 278 g/mol. The van der Waals surface area contributed by atoms with Gasteiger partial charge in [0.25, 0.3) is 5.91 Å². The number of hydrogen-bond acceptors (Lipinski definition) is 6. The molecule has 6 nitrogen and oxygen atoms in total. The Balaban J connectivity index is 2.33. The zero-order valence-corrected chi connectivity index (χ0v) is 12.3. The van der Waals surface area contributed by atoms with E-state index in [1.165, 1.54) is 11.3 Å². The predicted octanol–water partition coefficient (Wildman–Crippen LogP) is 1.81. The zero-order chi connectivity index (χ0) is 14.8. The topological polar surface area (TPSA) is 80.3 Å². The highest BCUT2D eigenvalue weighted by Crippen LogP contribution is 2.15. The van der Waals surface area contributed by atoms with E-state index in [1.54, 1.807) is 11.5 Å². The van der Waals surface area contributed by atoms with E-state index in [9.17, 15) is 9.59 Å². The molecule has 1 rings (SSSR count). The van der Waals surface area contributed by atoms with Crippen molar-refractivity contribution in [3.63, 3.8) is 0 Å². The first-order valence-electron chi connectivity index (χ1n) is 6.41. The van der Waals surface area contributed by atoms with Crippen LogP contribution in [0.2, 0.25) is 0 Å². The Bertz CT molecular complexity index is 459. The van der Waals surface area contributed by atoms with Gasteiger partial charge in [0.1, 0.15) is 0 Å². The van der Waals surface area contributed by atoms with Gasteiger partial charge in [-0.25, -0.2) is 9.78 Å². The second-order valence-corrected chi connectivity index (χ2v) is 4.85. The number of aromatic nitrogens is 1. The van der Waals surface area contributed by atoms with E-state index >= 15 is 0 Å². The van der Waals surface area contributed by atoms with Gasteiger partial charge in [-0.15, -0.1) is 17.9 Å². The van der Waals surface area contributed by atoms with Crippen molar-refractivity contribution in [3.8, 4) is 0 Å². The smallest absolute Gasteiger partial charge is 0.358 e. The predicted molar refractivity (Wildman–Crippen MR) is 79.0 cm³/mol. The second kappa shape index (κ2) is 9.08. The molecule has 0 aliphatic rings. The van der Waals surface area contributed by atoms with Crippen molar-refractivity contribution in [2.75, 3.05) is 25.0 Å². The first-order valence-corrected chi connectivity index (χ1v) is 7.29. The largest absolute Gasteiger partial charge is 0.451 e. The number of hydrogen-bond donors (Lipinski definition) is 2. The van der Waals surface area contributed by atoms with E-state index in [4.69, 9.17) is 4.74 Å². The van der Waals surface area contributed by atoms with Gasteiger partial charge in [0, 0.05) is 18.5 Å². The van der Waals surface area contributed by atoms with Crippen LogP contribution >= 0.6 is 11.3 Å². The van der Waals surface area contributed by atoms with Gasteiger partial charge in [-0.1, -0.05) is 19.4 Å². The summed E-state index contributed by atoms with van der Waals surface area (Å²) in [4.78, 5) is 27.1. The molecule has 1 heterocycles. The second-order valence-electron chi connectivity index (χ2n) is 3.99. The highest BCUT2D eigenvalue weighted by Gasteiger charge is 2.13. The molecule has 2 N–H and O–H groups in total. The number of amides is 1. The van der Waals surface area contributed by atoms with Gasteiger partial charge in [0.15, 0.2) is 17.4 Å². The van der Waals surface area contributed by atoms with Crippen LogP contribution in [-0.2, 0) is 9.53 Å². The maximum atomic E-state index is 11.7. The number of anilines is 1. The molecule has 7 heteroatoms. The van der Waals surface area contributed by atoms with Crippen LogP contribution in [0, 0.1) is 0 Å². The molecule has 0 radical (unpaired) electrons. The van der Waals surface area contributed by atoms with Crippen molar-refractivity contribution < 1.29 is 14.3 Å². The Morgan fingerprint density at radius 2 is 2.35 bits per heavy atom. The number of carbonyl (C=O) groups excluding carboxylic acids is 2. The van der Waals surface area contributed by atoms with E-state index in [-0.39, 0.29) is 18.2 Å². The monoisotopic (exact) mass is 297 g/mol. The Labute approximate surface area is 122 Å². The molecule has 110 valence electrons. The van der Waals surface area contributed by atoms with Crippen LogP contribution in [0.5, 0.6) is 0 Å². The molecule has 1 aromatic rings. The third kappa shape index (κ3) is 5.83. The average molecular weight is 297 g/mol. The van der Waals surface area contributed by atoms with Gasteiger partial charge in [-0.05, 0) is 6.42 Å². The number of nitrogens with one attached hydrogen (secondary N) is 2. The van der Waals surface area contributed by atoms with Gasteiger partial charge >= 0.3 is 5.97 Å². The summed E-state index contributed by atoms with van der Waals surface area (Å²) in [6.07, 6.45) is 3.60. The van der Waals surface area contributed by atoms with E-state index in [0.717, 1.165) is 12.8 Å². The lowest BCUT2D eigenvalue weighted by atomic mass is 10.3. The molecule has 0 saturated carbocycles. The van der Waals surface area contributed by atoms with Gasteiger partial charge in [-0.3, -0.25) is 4.79 Å². The number of ether oxygens (including phenoxy) is 1. The van der Waals surface area contributed by atoms with Crippen molar-refractivity contribution in [1.82, 2.24) is 10.3 Å². The van der Waals surface area contributed by atoms with Crippen molar-refractivity contribution in [2.24, 2.45) is 0 Å². The molecule has 0 atom stereocenters. The summed E-state index contributed by atoms with van der Waals surface area (Å²) < 4.78 is 4.88. The lowest BCUT2D eigenvalue weighted by Crippen LogP contribution is -2.29. The molecule has 0 spiro atoms. The number of nitrogens with zero attached hydrogens (tertiary/aromatic N) is 1. The summed E-state index contributed by atoms with van der Waals surface area (Å²) >= 11 is 1.30. The Hall–Kier alpha value is -1.89. The van der Waals surface area contributed by atoms with E-state index < -0.39 is 5.97 Å². The fourth-order valence-electron chi connectivity index (χ4n) is 1.27. The van der Waals surface area contributed by atoms with Crippen LogP contribution in [0.15, 0.2) is 18.0 Å². The average Bonchev–Trinajstić information content (AvgIpc) is 2.91. The third-order valence-corrected chi connectivity index (χ3v) is 3.10. The highest BCUT2D eigenvalue weighted by molar-refractivity contribution is 7.13. The van der Waals surface area contributed by atoms with Crippen molar-refractivity contribution in [3.05, 3.63) is 23.7 Å². The quantitative estimate of drug-likeness (QED) is 0.413. The number of carbonyl (C=O) groups is 2. The van der Waals surface area contributed by atoms with Crippen molar-refractivity contribution in [2.45, 2.75) is 19.8 Å². The lowest BCUT2D eigenvalue weighted by Gasteiger charge is -2.04. The van der Waals surface area contributed by atoms with Crippen molar-refractivity contribution in [1.29, 1.82) is 0 Å².